The number of carbonyl (C=O) groups is 4. The number of nitrogens with zero attached hydrogens (tertiary/aromatic N) is 1. The molecule has 1 saturated heterocycles. The van der Waals surface area contributed by atoms with E-state index in [0.717, 1.165) is 29.5 Å². The number of ether oxygens (including phenoxy) is 1. The molecule has 5 atom stereocenters. The van der Waals surface area contributed by atoms with Crippen LogP contribution in [0.5, 0.6) is 0 Å². The van der Waals surface area contributed by atoms with Crippen LogP contribution in [0.3, 0.4) is 0 Å². The van der Waals surface area contributed by atoms with Crippen LogP contribution < -0.4 is 15.4 Å². The Morgan fingerprint density at radius 1 is 0.946 bits per heavy atom. The van der Waals surface area contributed by atoms with Crippen molar-refractivity contribution in [1.82, 2.24) is 20.3 Å². The van der Waals surface area contributed by atoms with Gasteiger partial charge in [-0.3, -0.25) is 19.1 Å². The minimum Gasteiger partial charge on any atom is -0.444 e. The van der Waals surface area contributed by atoms with Crippen molar-refractivity contribution in [2.75, 3.05) is 12.3 Å². The topological polar surface area (TPSA) is 151 Å². The maximum absolute atomic E-state index is 14.9. The highest BCUT2D eigenvalue weighted by atomic mass is 32.2. The average Bonchev–Trinajstić information content (AvgIpc) is 4.03. The number of alkyl carbamates (subject to hydrolysis) is 1. The Labute approximate surface area is 333 Å². The number of nitrogens with one attached hydrogen (secondary N) is 3. The smallest absolute Gasteiger partial charge is 0.408 e. The number of rotatable bonds is 15. The van der Waals surface area contributed by atoms with E-state index in [2.05, 4.69) is 22.3 Å². The fourth-order valence-electron chi connectivity index (χ4n) is 7.29. The van der Waals surface area contributed by atoms with Gasteiger partial charge in [0.2, 0.25) is 28.3 Å². The van der Waals surface area contributed by atoms with Crippen molar-refractivity contribution in [3.8, 4) is 11.1 Å². The minimum atomic E-state index is -4.06. The molecule has 0 spiro atoms. The number of carbonyl (C=O) groups excluding carboxylic acids is 4. The molecule has 2 saturated carbocycles. The van der Waals surface area contributed by atoms with Crippen LogP contribution in [-0.4, -0.2) is 84.3 Å². The molecule has 1 heterocycles. The summed E-state index contributed by atoms with van der Waals surface area (Å²) >= 11 is 1.62. The second kappa shape index (κ2) is 16.6. The molecule has 11 nitrogen and oxygen atoms in total. The highest BCUT2D eigenvalue weighted by molar-refractivity contribution is 8.00. The van der Waals surface area contributed by atoms with Crippen LogP contribution in [0.2, 0.25) is 0 Å². The van der Waals surface area contributed by atoms with E-state index in [0.29, 0.717) is 18.6 Å². The van der Waals surface area contributed by atoms with Crippen molar-refractivity contribution in [2.24, 2.45) is 11.3 Å². The largest absolute Gasteiger partial charge is 0.444 e. The Morgan fingerprint density at radius 3 is 2.12 bits per heavy atom. The molecule has 5 rings (SSSR count). The number of benzene rings is 2. The lowest BCUT2D eigenvalue weighted by molar-refractivity contribution is -0.143. The van der Waals surface area contributed by atoms with E-state index in [9.17, 15) is 36.4 Å². The number of hydrogen-bond acceptors (Lipinski definition) is 8. The van der Waals surface area contributed by atoms with Crippen molar-refractivity contribution < 1.29 is 41.1 Å². The van der Waals surface area contributed by atoms with E-state index in [4.69, 9.17) is 4.74 Å². The van der Waals surface area contributed by atoms with Crippen LogP contribution >= 0.6 is 11.8 Å². The molecule has 1 aliphatic heterocycles. The van der Waals surface area contributed by atoms with Gasteiger partial charge in [0.1, 0.15) is 23.2 Å². The Hall–Kier alpha value is -3.72. The molecule has 3 N–H and O–H groups in total. The minimum absolute atomic E-state index is 0.0568. The molecule has 2 aromatic carbocycles. The highest BCUT2D eigenvalue weighted by Crippen LogP contribution is 2.51. The van der Waals surface area contributed by atoms with Gasteiger partial charge >= 0.3 is 6.09 Å². The quantitative estimate of drug-likeness (QED) is 0.167. The number of amides is 4. The summed E-state index contributed by atoms with van der Waals surface area (Å²) in [6.07, 6.45) is -1.91. The SMILES string of the molecule is CCCCS[C@@]1(c2ccc(-c3ccccc3)cc2)C[C@@H](C(=O)N[C@]2(C(=O)NS(=O)(=O)C3CC3)C[C@H]2CC(F)F)N(C(=O)[C@@H](NC(=O)OC(C)(C)C)C(C)(C)C)C1. The lowest BCUT2D eigenvalue weighted by atomic mass is 9.85. The maximum Gasteiger partial charge on any atom is 0.408 e. The molecule has 4 amide bonds. The molecule has 15 heteroatoms. The summed E-state index contributed by atoms with van der Waals surface area (Å²) < 4.78 is 59.9. The van der Waals surface area contributed by atoms with E-state index in [1.165, 1.54) is 4.90 Å². The number of halogens is 2. The molecule has 2 aliphatic carbocycles. The molecule has 0 aromatic heterocycles. The number of unbranched alkanes of at least 4 members (excludes halogenated alkanes) is 1. The number of sulfonamides is 1. The van der Waals surface area contributed by atoms with Crippen molar-refractivity contribution in [3.63, 3.8) is 0 Å². The third kappa shape index (κ3) is 10.2. The molecule has 0 radical (unpaired) electrons. The standard InChI is InChI=1S/C41H56F2N4O7S2/c1-8-9-21-55-40(28-17-15-27(16-18-28)26-13-11-10-12-14-26)24-31(47(25-40)35(49)33(38(2,3)4)44-37(51)54-39(5,6)7)34(48)45-41(23-29(41)22-32(42)43)36(50)46-56(52,53)30-19-20-30/h10-18,29-33H,8-9,19-25H2,1-7H3,(H,44,51)(H,45,48)(H,46,50)/t29-,31+,33-,40+,41-/m1/s1. The average molecular weight is 819 g/mol. The fraction of sp³-hybridized carbons (Fsp3) is 0.610. The first-order chi connectivity index (χ1) is 26.1. The Morgan fingerprint density at radius 2 is 1.57 bits per heavy atom. The maximum atomic E-state index is 14.9. The summed E-state index contributed by atoms with van der Waals surface area (Å²) in [7, 11) is -4.06. The van der Waals surface area contributed by atoms with Crippen LogP contribution in [0.25, 0.3) is 11.1 Å². The summed E-state index contributed by atoms with van der Waals surface area (Å²) in [5.41, 5.74) is -0.758. The van der Waals surface area contributed by atoms with E-state index < -0.39 is 91.2 Å². The van der Waals surface area contributed by atoms with Crippen LogP contribution in [0.1, 0.15) is 99.0 Å². The zero-order chi connectivity index (χ0) is 41.3. The van der Waals surface area contributed by atoms with Crippen molar-refractivity contribution in [2.45, 2.75) is 133 Å². The fourth-order valence-corrected chi connectivity index (χ4v) is 10.3. The van der Waals surface area contributed by atoms with E-state index in [1.807, 2.05) is 54.6 Å². The predicted molar refractivity (Wildman–Crippen MR) is 213 cm³/mol. The second-order valence-corrected chi connectivity index (χ2v) is 20.9. The molecule has 0 bridgehead atoms. The van der Waals surface area contributed by atoms with Gasteiger partial charge in [-0.25, -0.2) is 22.0 Å². The zero-order valence-corrected chi connectivity index (χ0v) is 35.0. The Balaban J connectivity index is 1.55. The van der Waals surface area contributed by atoms with Gasteiger partial charge in [-0.1, -0.05) is 88.7 Å². The van der Waals surface area contributed by atoms with Gasteiger partial charge in [-0.05, 0) is 86.7 Å². The molecule has 3 aliphatic rings. The Kier molecular flexibility index (Phi) is 12.9. The van der Waals surface area contributed by atoms with Gasteiger partial charge in [0, 0.05) is 13.0 Å². The predicted octanol–water partition coefficient (Wildman–Crippen LogP) is 6.76. The molecular formula is C41H56F2N4O7S2. The number of thioether (sulfide) groups is 1. The molecule has 56 heavy (non-hydrogen) atoms. The summed E-state index contributed by atoms with van der Waals surface area (Å²) in [5.74, 6) is -2.70. The molecule has 2 aromatic rings. The lowest BCUT2D eigenvalue weighted by Gasteiger charge is -2.36. The summed E-state index contributed by atoms with van der Waals surface area (Å²) in [5, 5.41) is 4.69. The number of hydrogen-bond donors (Lipinski definition) is 3. The Bertz CT molecular complexity index is 1860. The summed E-state index contributed by atoms with van der Waals surface area (Å²) in [6.45, 7) is 12.6. The van der Waals surface area contributed by atoms with Crippen molar-refractivity contribution in [3.05, 3.63) is 60.2 Å². The van der Waals surface area contributed by atoms with Crippen molar-refractivity contribution in [1.29, 1.82) is 0 Å². The normalized spacial score (nSPS) is 24.4. The van der Waals surface area contributed by atoms with Gasteiger partial charge in [-0.2, -0.15) is 0 Å². The van der Waals surface area contributed by atoms with Crippen LogP contribution in [-0.2, 0) is 33.9 Å². The van der Waals surface area contributed by atoms with E-state index in [1.54, 1.807) is 53.3 Å². The van der Waals surface area contributed by atoms with Gasteiger partial charge in [-0.15, -0.1) is 11.8 Å². The molecular weight excluding hydrogens is 763 g/mol. The van der Waals surface area contributed by atoms with Crippen LogP contribution in [0.15, 0.2) is 54.6 Å². The second-order valence-electron chi connectivity index (χ2n) is 17.4. The van der Waals surface area contributed by atoms with Crippen molar-refractivity contribution >= 4 is 45.6 Å². The third-order valence-electron chi connectivity index (χ3n) is 10.6. The van der Waals surface area contributed by atoms with Crippen LogP contribution in [0.4, 0.5) is 13.6 Å². The highest BCUT2D eigenvalue weighted by Gasteiger charge is 2.64. The zero-order valence-electron chi connectivity index (χ0n) is 33.3. The third-order valence-corrected chi connectivity index (χ3v) is 14.0. The first-order valence-electron chi connectivity index (χ1n) is 19.4. The molecule has 3 fully saturated rings. The number of likely N-dealkylation sites (tertiary alicyclic amines) is 1. The van der Waals surface area contributed by atoms with E-state index >= 15 is 0 Å². The van der Waals surface area contributed by atoms with Gasteiger partial charge in [0.05, 0.1) is 10.00 Å². The van der Waals surface area contributed by atoms with Gasteiger partial charge in [0.15, 0.2) is 0 Å². The van der Waals surface area contributed by atoms with Gasteiger partial charge in [0.25, 0.3) is 5.91 Å². The van der Waals surface area contributed by atoms with Gasteiger partial charge < -0.3 is 20.3 Å². The summed E-state index contributed by atoms with van der Waals surface area (Å²) in [4.78, 5) is 57.8. The molecule has 308 valence electrons. The lowest BCUT2D eigenvalue weighted by Crippen LogP contribution is -2.60. The first kappa shape index (κ1) is 43.4. The first-order valence-corrected chi connectivity index (χ1v) is 21.9. The molecule has 0 unspecified atom stereocenters. The number of alkyl halides is 2. The van der Waals surface area contributed by atoms with Crippen LogP contribution in [0, 0.1) is 11.3 Å². The monoisotopic (exact) mass is 818 g/mol. The summed E-state index contributed by atoms with van der Waals surface area (Å²) in [6, 6.07) is 15.4. The van der Waals surface area contributed by atoms with E-state index in [-0.39, 0.29) is 19.4 Å².